The number of fused-ring (bicyclic) bond motifs is 3. The molecular weight excluding hydrogens is 344 g/mol. The maximum absolute atomic E-state index is 12.7. The summed E-state index contributed by atoms with van der Waals surface area (Å²) in [5.74, 6) is 0.171. The van der Waals surface area contributed by atoms with E-state index in [1.54, 1.807) is 12.1 Å². The van der Waals surface area contributed by atoms with Crippen LogP contribution in [0.3, 0.4) is 0 Å². The zero-order valence-electron chi connectivity index (χ0n) is 15.2. The number of H-pyrrole nitrogens is 1. The number of aromatic nitrogens is 2. The molecule has 0 bridgehead atoms. The molecule has 5 rings (SSSR count). The molecule has 3 N–H and O–H groups in total. The number of rotatable bonds is 3. The Morgan fingerprint density at radius 1 is 1.33 bits per heavy atom. The first-order chi connectivity index (χ1) is 12.9. The number of nitrogens with zero attached hydrogens (tertiary/aromatic N) is 1. The highest BCUT2D eigenvalue weighted by molar-refractivity contribution is 6.08. The van der Waals surface area contributed by atoms with E-state index in [0.717, 1.165) is 35.0 Å². The van der Waals surface area contributed by atoms with E-state index < -0.39 is 0 Å². The predicted octanol–water partition coefficient (Wildman–Crippen LogP) is 3.31. The summed E-state index contributed by atoms with van der Waals surface area (Å²) < 4.78 is 5.28. The second-order valence-corrected chi connectivity index (χ2v) is 7.88. The Morgan fingerprint density at radius 3 is 2.93 bits per heavy atom. The molecule has 0 saturated heterocycles. The van der Waals surface area contributed by atoms with E-state index in [1.165, 1.54) is 0 Å². The van der Waals surface area contributed by atoms with E-state index in [0.29, 0.717) is 23.7 Å². The average Bonchev–Trinajstić information content (AvgIpc) is 3.08. The van der Waals surface area contributed by atoms with Gasteiger partial charge in [-0.05, 0) is 36.6 Å². The standard InChI is InChI=1S/C20H20N4O3/c1-10-9-21-19(26)17-16(10)12-7-11(3-4-13(12)22-17)18(25)23-15-8-14(24-27-15)20(2)5-6-20/h3-4,7-8,10,22H,5-6,9H2,1-2H3,(H,21,26)(H,23,25). The van der Waals surface area contributed by atoms with Gasteiger partial charge in [0.05, 0.1) is 5.69 Å². The van der Waals surface area contributed by atoms with Crippen molar-refractivity contribution in [1.29, 1.82) is 0 Å². The minimum atomic E-state index is -0.261. The molecule has 1 fully saturated rings. The van der Waals surface area contributed by atoms with Gasteiger partial charge in [-0.2, -0.15) is 0 Å². The smallest absolute Gasteiger partial charge is 0.268 e. The summed E-state index contributed by atoms with van der Waals surface area (Å²) in [5.41, 5.74) is 3.88. The molecule has 1 unspecified atom stereocenters. The van der Waals surface area contributed by atoms with E-state index >= 15 is 0 Å². The maximum Gasteiger partial charge on any atom is 0.268 e. The van der Waals surface area contributed by atoms with Gasteiger partial charge in [-0.1, -0.05) is 19.0 Å². The Hall–Kier alpha value is -3.09. The van der Waals surface area contributed by atoms with Crippen LogP contribution in [0.5, 0.6) is 0 Å². The summed E-state index contributed by atoms with van der Waals surface area (Å²) in [6, 6.07) is 7.20. The second kappa shape index (κ2) is 5.45. The van der Waals surface area contributed by atoms with Crippen LogP contribution in [0, 0.1) is 0 Å². The molecule has 7 heteroatoms. The Labute approximate surface area is 155 Å². The van der Waals surface area contributed by atoms with Gasteiger partial charge >= 0.3 is 0 Å². The monoisotopic (exact) mass is 364 g/mol. The largest absolute Gasteiger partial charge is 0.350 e. The molecule has 2 amide bonds. The van der Waals surface area contributed by atoms with Crippen molar-refractivity contribution in [1.82, 2.24) is 15.5 Å². The lowest BCUT2D eigenvalue weighted by atomic mass is 9.93. The van der Waals surface area contributed by atoms with Gasteiger partial charge in [0, 0.05) is 40.4 Å². The third kappa shape index (κ3) is 2.53. The van der Waals surface area contributed by atoms with Crippen molar-refractivity contribution in [2.24, 2.45) is 0 Å². The fourth-order valence-corrected chi connectivity index (χ4v) is 3.73. The first-order valence-corrected chi connectivity index (χ1v) is 9.17. The van der Waals surface area contributed by atoms with E-state index in [9.17, 15) is 9.59 Å². The van der Waals surface area contributed by atoms with Crippen molar-refractivity contribution in [2.75, 3.05) is 11.9 Å². The van der Waals surface area contributed by atoms with Gasteiger partial charge in [-0.3, -0.25) is 14.9 Å². The minimum Gasteiger partial charge on any atom is -0.350 e. The molecular formula is C20H20N4O3. The topological polar surface area (TPSA) is 100 Å². The Morgan fingerprint density at radius 2 is 2.15 bits per heavy atom. The van der Waals surface area contributed by atoms with E-state index in [2.05, 4.69) is 34.6 Å². The van der Waals surface area contributed by atoms with Gasteiger partial charge in [0.2, 0.25) is 5.88 Å². The zero-order valence-corrected chi connectivity index (χ0v) is 15.2. The Kier molecular flexibility index (Phi) is 3.25. The van der Waals surface area contributed by atoms with Gasteiger partial charge in [0.15, 0.2) is 0 Å². The van der Waals surface area contributed by atoms with Crippen LogP contribution in [-0.2, 0) is 5.41 Å². The van der Waals surface area contributed by atoms with Crippen LogP contribution in [0.15, 0.2) is 28.8 Å². The van der Waals surface area contributed by atoms with Gasteiger partial charge in [0.25, 0.3) is 11.8 Å². The number of anilines is 1. The number of aromatic amines is 1. The average molecular weight is 364 g/mol. The predicted molar refractivity (Wildman–Crippen MR) is 100 cm³/mol. The second-order valence-electron chi connectivity index (χ2n) is 7.88. The van der Waals surface area contributed by atoms with Crippen molar-refractivity contribution < 1.29 is 14.1 Å². The van der Waals surface area contributed by atoms with Crippen LogP contribution in [0.2, 0.25) is 0 Å². The summed E-state index contributed by atoms with van der Waals surface area (Å²) in [4.78, 5) is 28.0. The highest BCUT2D eigenvalue weighted by atomic mass is 16.5. The molecule has 0 radical (unpaired) electrons. The van der Waals surface area contributed by atoms with Gasteiger partial charge in [-0.25, -0.2) is 0 Å². The van der Waals surface area contributed by atoms with Crippen molar-refractivity contribution in [3.63, 3.8) is 0 Å². The maximum atomic E-state index is 12.7. The highest BCUT2D eigenvalue weighted by Crippen LogP contribution is 2.47. The number of hydrogen-bond acceptors (Lipinski definition) is 4. The number of hydrogen-bond donors (Lipinski definition) is 3. The lowest BCUT2D eigenvalue weighted by Gasteiger charge is -2.19. The van der Waals surface area contributed by atoms with Crippen LogP contribution in [-0.4, -0.2) is 28.5 Å². The molecule has 0 spiro atoms. The molecule has 1 aliphatic heterocycles. The molecule has 1 aromatic carbocycles. The van der Waals surface area contributed by atoms with Crippen molar-refractivity contribution in [3.8, 4) is 0 Å². The quantitative estimate of drug-likeness (QED) is 0.664. The number of benzene rings is 1. The van der Waals surface area contributed by atoms with Crippen molar-refractivity contribution in [2.45, 2.75) is 38.0 Å². The number of carbonyl (C=O) groups excluding carboxylic acids is 2. The summed E-state index contributed by atoms with van der Waals surface area (Å²) in [7, 11) is 0. The van der Waals surface area contributed by atoms with Crippen LogP contribution in [0.1, 0.15) is 64.7 Å². The lowest BCUT2D eigenvalue weighted by Crippen LogP contribution is -2.33. The SMILES string of the molecule is CC1CNC(=O)c2[nH]c3ccc(C(=O)Nc4cc(C5(C)CC5)no4)cc3c21. The normalized spacial score (nSPS) is 20.2. The van der Waals surface area contributed by atoms with Crippen molar-refractivity contribution in [3.05, 3.63) is 46.8 Å². The molecule has 2 aliphatic rings. The molecule has 138 valence electrons. The van der Waals surface area contributed by atoms with Crippen LogP contribution >= 0.6 is 0 Å². The van der Waals surface area contributed by atoms with Crippen LogP contribution in [0.4, 0.5) is 5.88 Å². The van der Waals surface area contributed by atoms with Crippen LogP contribution < -0.4 is 10.6 Å². The third-order valence-corrected chi connectivity index (χ3v) is 5.75. The molecule has 7 nitrogen and oxygen atoms in total. The third-order valence-electron chi connectivity index (χ3n) is 5.75. The minimum absolute atomic E-state index is 0.0896. The first kappa shape index (κ1) is 16.1. The Balaban J connectivity index is 1.46. The molecule has 1 saturated carbocycles. The molecule has 27 heavy (non-hydrogen) atoms. The summed E-state index contributed by atoms with van der Waals surface area (Å²) >= 11 is 0. The first-order valence-electron chi connectivity index (χ1n) is 9.17. The lowest BCUT2D eigenvalue weighted by molar-refractivity contribution is 0.0936. The number of carbonyl (C=O) groups is 2. The Bertz CT molecular complexity index is 1090. The summed E-state index contributed by atoms with van der Waals surface area (Å²) in [5, 5.41) is 10.6. The van der Waals surface area contributed by atoms with E-state index in [1.807, 2.05) is 12.1 Å². The number of nitrogens with one attached hydrogen (secondary N) is 3. The van der Waals surface area contributed by atoms with Crippen LogP contribution in [0.25, 0.3) is 10.9 Å². The zero-order chi connectivity index (χ0) is 18.8. The molecule has 1 aliphatic carbocycles. The molecule has 3 heterocycles. The van der Waals surface area contributed by atoms with E-state index in [4.69, 9.17) is 4.52 Å². The summed E-state index contributed by atoms with van der Waals surface area (Å²) in [6.07, 6.45) is 2.18. The fraction of sp³-hybridized carbons (Fsp3) is 0.350. The fourth-order valence-electron chi connectivity index (χ4n) is 3.73. The molecule has 1 atom stereocenters. The number of amides is 2. The van der Waals surface area contributed by atoms with Crippen molar-refractivity contribution >= 4 is 28.6 Å². The van der Waals surface area contributed by atoms with E-state index in [-0.39, 0.29) is 23.1 Å². The van der Waals surface area contributed by atoms with Gasteiger partial charge in [0.1, 0.15) is 5.69 Å². The van der Waals surface area contributed by atoms with Gasteiger partial charge < -0.3 is 14.8 Å². The molecule has 2 aromatic heterocycles. The van der Waals surface area contributed by atoms with Gasteiger partial charge in [-0.15, -0.1) is 0 Å². The summed E-state index contributed by atoms with van der Waals surface area (Å²) in [6.45, 7) is 4.79. The molecule has 3 aromatic rings. The highest BCUT2D eigenvalue weighted by Gasteiger charge is 2.42.